The molecule has 0 radical (unpaired) electrons. The normalized spacial score (nSPS) is 19.2. The Morgan fingerprint density at radius 3 is 2.36 bits per heavy atom. The second-order valence-electron chi connectivity index (χ2n) is 7.57. The molecule has 0 bridgehead atoms. The average molecular weight is 500 g/mol. The molecular formula is C22H23ClFNO7S. The van der Waals surface area contributed by atoms with Crippen LogP contribution in [0.15, 0.2) is 41.3 Å². The van der Waals surface area contributed by atoms with Crippen LogP contribution in [0.2, 0.25) is 5.02 Å². The number of ketones is 1. The van der Waals surface area contributed by atoms with Crippen molar-refractivity contribution in [2.75, 3.05) is 26.8 Å². The van der Waals surface area contributed by atoms with Crippen LogP contribution in [0.4, 0.5) is 4.39 Å². The number of ether oxygens (including phenoxy) is 3. The summed E-state index contributed by atoms with van der Waals surface area (Å²) in [6, 6.07) is 7.29. The van der Waals surface area contributed by atoms with Crippen molar-refractivity contribution in [3.05, 3.63) is 58.4 Å². The van der Waals surface area contributed by atoms with Gasteiger partial charge >= 0.3 is 5.97 Å². The number of esters is 1. The van der Waals surface area contributed by atoms with Crippen LogP contribution in [-0.2, 0) is 19.5 Å². The summed E-state index contributed by atoms with van der Waals surface area (Å²) in [5.41, 5.74) is -0.0999. The fourth-order valence-electron chi connectivity index (χ4n) is 3.43. The van der Waals surface area contributed by atoms with E-state index in [0.717, 1.165) is 12.1 Å². The molecule has 0 amide bonds. The monoisotopic (exact) mass is 499 g/mol. The number of carbonyl (C=O) groups is 2. The lowest BCUT2D eigenvalue weighted by Gasteiger charge is -2.34. The Balaban J connectivity index is 1.75. The Labute approximate surface area is 196 Å². The molecule has 2 unspecified atom stereocenters. The number of morpholine rings is 1. The fourth-order valence-corrected chi connectivity index (χ4v) is 5.52. The second-order valence-corrected chi connectivity index (χ2v) is 9.89. The molecule has 0 aliphatic carbocycles. The summed E-state index contributed by atoms with van der Waals surface area (Å²) in [6.45, 7) is 3.15. The molecule has 1 aliphatic heterocycles. The Kier molecular flexibility index (Phi) is 7.73. The first-order chi connectivity index (χ1) is 15.5. The number of rotatable bonds is 7. The maximum absolute atomic E-state index is 13.8. The van der Waals surface area contributed by atoms with Gasteiger partial charge in [0.2, 0.25) is 10.0 Å². The number of halogens is 2. The zero-order valence-electron chi connectivity index (χ0n) is 18.2. The maximum atomic E-state index is 13.8. The van der Waals surface area contributed by atoms with E-state index in [1.54, 1.807) is 13.8 Å². The fraction of sp³-hybridized carbons (Fsp3) is 0.364. The molecule has 0 N–H and O–H groups in total. The first kappa shape index (κ1) is 25.1. The smallest absolute Gasteiger partial charge is 0.338 e. The molecular weight excluding hydrogens is 477 g/mol. The Hall–Kier alpha value is -2.53. The van der Waals surface area contributed by atoms with Crippen molar-refractivity contribution in [1.29, 1.82) is 0 Å². The molecule has 1 saturated heterocycles. The number of hydrogen-bond donors (Lipinski definition) is 0. The van der Waals surface area contributed by atoms with Gasteiger partial charge in [-0.2, -0.15) is 4.31 Å². The zero-order valence-corrected chi connectivity index (χ0v) is 19.8. The number of nitrogens with zero attached hydrogens (tertiary/aromatic N) is 1. The van der Waals surface area contributed by atoms with E-state index in [-0.39, 0.29) is 52.1 Å². The summed E-state index contributed by atoms with van der Waals surface area (Å²) >= 11 is 6.14. The summed E-state index contributed by atoms with van der Waals surface area (Å²) in [4.78, 5) is 24.5. The highest BCUT2D eigenvalue weighted by Crippen LogP contribution is 2.28. The lowest BCUT2D eigenvalue weighted by Crippen LogP contribution is -2.48. The van der Waals surface area contributed by atoms with Gasteiger partial charge in [0.15, 0.2) is 24.0 Å². The molecule has 0 aromatic heterocycles. The minimum Gasteiger partial charge on any atom is -0.494 e. The molecule has 1 fully saturated rings. The molecule has 0 saturated carbocycles. The van der Waals surface area contributed by atoms with Crippen molar-refractivity contribution in [2.45, 2.75) is 31.0 Å². The van der Waals surface area contributed by atoms with E-state index < -0.39 is 34.2 Å². The van der Waals surface area contributed by atoms with Crippen molar-refractivity contribution >= 4 is 33.4 Å². The van der Waals surface area contributed by atoms with Crippen LogP contribution in [0.1, 0.15) is 34.6 Å². The SMILES string of the molecule is COc1ccc(C(=O)COC(=O)c2ccc(Cl)c(S(=O)(=O)N3CC(C)OC(C)C3)c2)cc1F. The first-order valence-corrected chi connectivity index (χ1v) is 11.8. The average Bonchev–Trinajstić information content (AvgIpc) is 2.76. The molecule has 2 aromatic carbocycles. The van der Waals surface area contributed by atoms with Gasteiger partial charge in [-0.25, -0.2) is 17.6 Å². The lowest BCUT2D eigenvalue weighted by molar-refractivity contribution is -0.0440. The number of sulfonamides is 1. The van der Waals surface area contributed by atoms with Gasteiger partial charge < -0.3 is 14.2 Å². The van der Waals surface area contributed by atoms with E-state index in [2.05, 4.69) is 0 Å². The highest BCUT2D eigenvalue weighted by molar-refractivity contribution is 7.89. The molecule has 8 nitrogen and oxygen atoms in total. The third-order valence-electron chi connectivity index (χ3n) is 4.98. The number of carbonyl (C=O) groups excluding carboxylic acids is 2. The van der Waals surface area contributed by atoms with E-state index in [1.165, 1.54) is 35.7 Å². The summed E-state index contributed by atoms with van der Waals surface area (Å²) in [6.07, 6.45) is -0.603. The van der Waals surface area contributed by atoms with E-state index >= 15 is 0 Å². The molecule has 1 aliphatic rings. The molecule has 2 aromatic rings. The Morgan fingerprint density at radius 1 is 1.12 bits per heavy atom. The highest BCUT2D eigenvalue weighted by atomic mass is 35.5. The van der Waals surface area contributed by atoms with Gasteiger partial charge in [-0.05, 0) is 50.2 Å². The van der Waals surface area contributed by atoms with Crippen molar-refractivity contribution in [3.63, 3.8) is 0 Å². The first-order valence-electron chi connectivity index (χ1n) is 10.0. The van der Waals surface area contributed by atoms with Crippen LogP contribution in [-0.4, -0.2) is 63.5 Å². The van der Waals surface area contributed by atoms with Gasteiger partial charge in [-0.1, -0.05) is 11.6 Å². The van der Waals surface area contributed by atoms with Crippen LogP contribution in [0.5, 0.6) is 5.75 Å². The molecule has 3 rings (SSSR count). The highest BCUT2D eigenvalue weighted by Gasteiger charge is 2.34. The van der Waals surface area contributed by atoms with Gasteiger partial charge in [0.25, 0.3) is 0 Å². The van der Waals surface area contributed by atoms with Crippen LogP contribution in [0, 0.1) is 5.82 Å². The summed E-state index contributed by atoms with van der Waals surface area (Å²) in [5.74, 6) is -2.31. The van der Waals surface area contributed by atoms with Crippen LogP contribution in [0.25, 0.3) is 0 Å². The molecule has 178 valence electrons. The quantitative estimate of drug-likeness (QED) is 0.425. The van der Waals surface area contributed by atoms with E-state index in [1.807, 2.05) is 0 Å². The van der Waals surface area contributed by atoms with Crippen LogP contribution in [0.3, 0.4) is 0 Å². The van der Waals surface area contributed by atoms with Gasteiger partial charge in [0.1, 0.15) is 4.90 Å². The number of Topliss-reactive ketones (excluding diaryl/α,β-unsaturated/α-hetero) is 1. The largest absolute Gasteiger partial charge is 0.494 e. The van der Waals surface area contributed by atoms with E-state index in [9.17, 15) is 22.4 Å². The van der Waals surface area contributed by atoms with Gasteiger partial charge in [0, 0.05) is 18.7 Å². The molecule has 2 atom stereocenters. The van der Waals surface area contributed by atoms with Gasteiger partial charge in [-0.3, -0.25) is 4.79 Å². The summed E-state index contributed by atoms with van der Waals surface area (Å²) in [5, 5.41) is -0.0527. The molecule has 33 heavy (non-hydrogen) atoms. The number of methoxy groups -OCH3 is 1. The number of benzene rings is 2. The second kappa shape index (κ2) is 10.2. The zero-order chi connectivity index (χ0) is 24.3. The van der Waals surface area contributed by atoms with E-state index in [0.29, 0.717) is 0 Å². The number of hydrogen-bond acceptors (Lipinski definition) is 7. The third-order valence-corrected chi connectivity index (χ3v) is 7.29. The predicted molar refractivity (Wildman–Crippen MR) is 118 cm³/mol. The third kappa shape index (κ3) is 5.70. The lowest BCUT2D eigenvalue weighted by atomic mass is 10.1. The minimum absolute atomic E-state index is 0.00368. The Morgan fingerprint density at radius 2 is 1.76 bits per heavy atom. The van der Waals surface area contributed by atoms with Gasteiger partial charge in [-0.15, -0.1) is 0 Å². The molecule has 11 heteroatoms. The predicted octanol–water partition coefficient (Wildman–Crippen LogP) is 3.33. The maximum Gasteiger partial charge on any atom is 0.338 e. The van der Waals surface area contributed by atoms with Crippen molar-refractivity contribution in [2.24, 2.45) is 0 Å². The molecule has 1 heterocycles. The Bertz CT molecular complexity index is 1160. The van der Waals surface area contributed by atoms with Gasteiger partial charge in [0.05, 0.1) is 29.9 Å². The minimum atomic E-state index is -4.01. The van der Waals surface area contributed by atoms with Crippen molar-refractivity contribution < 1.29 is 36.6 Å². The summed E-state index contributed by atoms with van der Waals surface area (Å²) in [7, 11) is -2.71. The standard InChI is InChI=1S/C22H23ClFNO7S/c1-13-10-25(11-14(2)32-13)33(28,29)21-9-16(4-6-17(21)23)22(27)31-12-19(26)15-5-7-20(30-3)18(24)8-15/h4-9,13-14H,10-12H2,1-3H3. The van der Waals surface area contributed by atoms with Crippen LogP contribution < -0.4 is 4.74 Å². The van der Waals surface area contributed by atoms with E-state index in [4.69, 9.17) is 25.8 Å². The molecule has 0 spiro atoms. The topological polar surface area (TPSA) is 99.2 Å². The van der Waals surface area contributed by atoms with Crippen LogP contribution >= 0.6 is 11.6 Å². The summed E-state index contributed by atoms with van der Waals surface area (Å²) < 4.78 is 56.7. The van der Waals surface area contributed by atoms with Crippen molar-refractivity contribution in [1.82, 2.24) is 4.31 Å². The van der Waals surface area contributed by atoms with Crippen molar-refractivity contribution in [3.8, 4) is 5.75 Å².